The van der Waals surface area contributed by atoms with Gasteiger partial charge in [-0.15, -0.1) is 0 Å². The van der Waals surface area contributed by atoms with Crippen LogP contribution in [0.2, 0.25) is 0 Å². The molecule has 10 heteroatoms. The van der Waals surface area contributed by atoms with Crippen LogP contribution in [0.4, 0.5) is 17.3 Å². The van der Waals surface area contributed by atoms with Gasteiger partial charge in [-0.3, -0.25) is 9.52 Å². The Morgan fingerprint density at radius 1 is 1.08 bits per heavy atom. The van der Waals surface area contributed by atoms with Crippen molar-refractivity contribution in [1.29, 1.82) is 0 Å². The minimum atomic E-state index is -3.73. The number of fused-ring (bicyclic) bond motifs is 1. The average molecular weight is 524 g/mol. The van der Waals surface area contributed by atoms with Crippen LogP contribution in [0.15, 0.2) is 42.6 Å². The maximum Gasteiger partial charge on any atom is 0.259 e. The molecule has 196 valence electrons. The van der Waals surface area contributed by atoms with Crippen LogP contribution in [0.1, 0.15) is 48.9 Å². The van der Waals surface area contributed by atoms with Crippen molar-refractivity contribution in [3.8, 4) is 0 Å². The summed E-state index contributed by atoms with van der Waals surface area (Å²) in [5.74, 6) is 0.682. The van der Waals surface area contributed by atoms with Crippen LogP contribution in [0.25, 0.3) is 10.9 Å². The van der Waals surface area contributed by atoms with E-state index in [9.17, 15) is 13.2 Å². The summed E-state index contributed by atoms with van der Waals surface area (Å²) in [5, 5.41) is 13.2. The van der Waals surface area contributed by atoms with Crippen molar-refractivity contribution in [2.24, 2.45) is 11.3 Å². The van der Waals surface area contributed by atoms with Crippen molar-refractivity contribution in [1.82, 2.24) is 9.55 Å². The maximum atomic E-state index is 13.6. The van der Waals surface area contributed by atoms with Crippen LogP contribution in [-0.4, -0.2) is 54.4 Å². The lowest BCUT2D eigenvalue weighted by molar-refractivity contribution is 0.102. The van der Waals surface area contributed by atoms with Gasteiger partial charge < -0.3 is 19.9 Å². The van der Waals surface area contributed by atoms with E-state index in [1.165, 1.54) is 31.7 Å². The minimum absolute atomic E-state index is 0.144. The Balaban J connectivity index is 1.29. The average Bonchev–Trinajstić information content (AvgIpc) is 3.79. The molecule has 2 aromatic heterocycles. The third-order valence-electron chi connectivity index (χ3n) is 8.03. The number of rotatable bonds is 9. The lowest BCUT2D eigenvalue weighted by Crippen LogP contribution is -2.36. The Kier molecular flexibility index (Phi) is 6.11. The second-order valence-corrected chi connectivity index (χ2v) is 12.6. The highest BCUT2D eigenvalue weighted by molar-refractivity contribution is 7.92. The molecular formula is C27H33N5O4S. The van der Waals surface area contributed by atoms with Gasteiger partial charge in [0.05, 0.1) is 29.1 Å². The highest BCUT2D eigenvalue weighted by Gasteiger charge is 2.45. The lowest BCUT2D eigenvalue weighted by Gasteiger charge is -2.34. The Bertz CT molecular complexity index is 1430. The van der Waals surface area contributed by atoms with Crippen LogP contribution in [-0.2, 0) is 16.6 Å². The number of pyridine rings is 1. The summed E-state index contributed by atoms with van der Waals surface area (Å²) in [6.07, 6.45) is 9.24. The number of aliphatic hydroxyl groups excluding tert-OH is 1. The molecule has 6 rings (SSSR count). The number of nitrogens with one attached hydrogen (secondary N) is 2. The van der Waals surface area contributed by atoms with Crippen molar-refractivity contribution >= 4 is 44.2 Å². The number of hydrogen-bond acceptors (Lipinski definition) is 6. The number of carbonyl (C=O) groups is 1. The Hall–Kier alpha value is -3.11. The molecule has 3 N–H and O–H groups in total. The zero-order chi connectivity index (χ0) is 25.6. The van der Waals surface area contributed by atoms with Gasteiger partial charge in [0.2, 0.25) is 10.0 Å². The van der Waals surface area contributed by atoms with E-state index in [1.54, 1.807) is 6.07 Å². The number of aromatic nitrogens is 2. The van der Waals surface area contributed by atoms with Gasteiger partial charge in [0.1, 0.15) is 11.6 Å². The summed E-state index contributed by atoms with van der Waals surface area (Å²) >= 11 is 0. The number of anilines is 3. The summed E-state index contributed by atoms with van der Waals surface area (Å²) in [4.78, 5) is 20.3. The van der Waals surface area contributed by atoms with Gasteiger partial charge >= 0.3 is 0 Å². The molecule has 1 spiro atoms. The smallest absolute Gasteiger partial charge is 0.259 e. The number of hydrogen-bond donors (Lipinski definition) is 3. The molecule has 9 nitrogen and oxygen atoms in total. The largest absolute Gasteiger partial charge is 0.395 e. The third-order valence-corrected chi connectivity index (χ3v) is 9.27. The SMILES string of the molecule is O=C(Nc1cccc2c1ccn2CC1CC1)c1ccc(NS(=O)(=O)CCO)nc1N1CCC2(CC1)CC2. The Morgan fingerprint density at radius 3 is 2.57 bits per heavy atom. The molecule has 0 radical (unpaired) electrons. The Labute approximate surface area is 216 Å². The number of sulfonamides is 1. The zero-order valence-corrected chi connectivity index (χ0v) is 21.6. The molecule has 0 unspecified atom stereocenters. The first kappa shape index (κ1) is 24.2. The molecule has 3 fully saturated rings. The lowest BCUT2D eigenvalue weighted by atomic mass is 9.93. The number of amides is 1. The Morgan fingerprint density at radius 2 is 1.86 bits per heavy atom. The molecule has 2 saturated carbocycles. The van der Waals surface area contributed by atoms with Crippen molar-refractivity contribution < 1.29 is 18.3 Å². The predicted molar refractivity (Wildman–Crippen MR) is 144 cm³/mol. The van der Waals surface area contributed by atoms with E-state index in [-0.39, 0.29) is 11.7 Å². The van der Waals surface area contributed by atoms with Crippen LogP contribution in [0.3, 0.4) is 0 Å². The van der Waals surface area contributed by atoms with Gasteiger partial charge in [-0.25, -0.2) is 13.4 Å². The van der Waals surface area contributed by atoms with E-state index in [0.29, 0.717) is 16.8 Å². The number of benzene rings is 1. The molecular weight excluding hydrogens is 490 g/mol. The summed E-state index contributed by atoms with van der Waals surface area (Å²) < 4.78 is 29.1. The minimum Gasteiger partial charge on any atom is -0.395 e. The molecule has 0 bridgehead atoms. The van der Waals surface area contributed by atoms with E-state index >= 15 is 0 Å². The van der Waals surface area contributed by atoms with Gasteiger partial charge in [-0.05, 0) is 80.2 Å². The third kappa shape index (κ3) is 5.17. The first-order chi connectivity index (χ1) is 17.8. The molecule has 1 amide bonds. The second kappa shape index (κ2) is 9.33. The van der Waals surface area contributed by atoms with Crippen LogP contribution < -0.4 is 14.9 Å². The number of piperidine rings is 1. The van der Waals surface area contributed by atoms with E-state index in [0.717, 1.165) is 55.0 Å². The molecule has 37 heavy (non-hydrogen) atoms. The number of aliphatic hydroxyl groups is 1. The van der Waals surface area contributed by atoms with E-state index in [2.05, 4.69) is 36.8 Å². The fourth-order valence-electron chi connectivity index (χ4n) is 5.38. The van der Waals surface area contributed by atoms with Crippen molar-refractivity contribution in [2.45, 2.75) is 45.1 Å². The van der Waals surface area contributed by atoms with Gasteiger partial charge in [0.15, 0.2) is 0 Å². The van der Waals surface area contributed by atoms with Gasteiger partial charge in [0, 0.05) is 31.2 Å². The predicted octanol–water partition coefficient (Wildman–Crippen LogP) is 3.81. The van der Waals surface area contributed by atoms with Crippen molar-refractivity contribution in [2.75, 3.05) is 40.4 Å². The van der Waals surface area contributed by atoms with Crippen LogP contribution in [0, 0.1) is 11.3 Å². The quantitative estimate of drug-likeness (QED) is 0.393. The highest BCUT2D eigenvalue weighted by atomic mass is 32.2. The molecule has 3 aliphatic rings. The molecule has 1 aromatic carbocycles. The normalized spacial score (nSPS) is 18.8. The van der Waals surface area contributed by atoms with Gasteiger partial charge in [0.25, 0.3) is 5.91 Å². The molecule has 0 atom stereocenters. The molecule has 1 aliphatic heterocycles. The summed E-state index contributed by atoms with van der Waals surface area (Å²) in [6.45, 7) is 2.07. The summed E-state index contributed by atoms with van der Waals surface area (Å²) in [5.41, 5.74) is 2.70. The highest BCUT2D eigenvalue weighted by Crippen LogP contribution is 2.54. The molecule has 3 heterocycles. The van der Waals surface area contributed by atoms with Crippen LogP contribution in [0.5, 0.6) is 0 Å². The summed E-state index contributed by atoms with van der Waals surface area (Å²) in [7, 11) is -3.73. The fraction of sp³-hybridized carbons (Fsp3) is 0.481. The first-order valence-electron chi connectivity index (χ1n) is 13.1. The van der Waals surface area contributed by atoms with Gasteiger partial charge in [-0.2, -0.15) is 0 Å². The van der Waals surface area contributed by atoms with Crippen molar-refractivity contribution in [3.05, 3.63) is 48.2 Å². The molecule has 1 saturated heterocycles. The summed E-state index contributed by atoms with van der Waals surface area (Å²) in [6, 6.07) is 11.1. The van der Waals surface area contributed by atoms with Gasteiger partial charge in [-0.1, -0.05) is 6.07 Å². The topological polar surface area (TPSA) is 117 Å². The van der Waals surface area contributed by atoms with E-state index in [4.69, 9.17) is 5.11 Å². The molecule has 3 aromatic rings. The molecule has 2 aliphatic carbocycles. The van der Waals surface area contributed by atoms with Crippen molar-refractivity contribution in [3.63, 3.8) is 0 Å². The zero-order valence-electron chi connectivity index (χ0n) is 20.8. The fourth-order valence-corrected chi connectivity index (χ4v) is 6.16. The van der Waals surface area contributed by atoms with E-state index in [1.807, 2.05) is 18.2 Å². The van der Waals surface area contributed by atoms with Crippen LogP contribution >= 0.6 is 0 Å². The second-order valence-electron chi connectivity index (χ2n) is 10.8. The number of nitrogens with zero attached hydrogens (tertiary/aromatic N) is 3. The maximum absolute atomic E-state index is 13.6. The van der Waals surface area contributed by atoms with E-state index < -0.39 is 22.4 Å². The monoisotopic (exact) mass is 523 g/mol. The first-order valence-corrected chi connectivity index (χ1v) is 14.8. The standard InChI is InChI=1S/C27H33N5O4S/c33-16-17-37(35,36)30-24-7-6-21(25(29-24)31-14-11-27(9-10-27)12-15-31)26(34)28-22-2-1-3-23-20(22)8-13-32(23)18-19-4-5-19/h1-3,6-8,13,19,33H,4-5,9-12,14-18H2,(H,28,34)(H,29,30). The number of carbonyl (C=O) groups excluding carboxylic acids is 1.